The lowest BCUT2D eigenvalue weighted by Crippen LogP contribution is -2.26. The Bertz CT molecular complexity index is 514. The van der Waals surface area contributed by atoms with E-state index in [1.54, 1.807) is 7.11 Å². The molecule has 0 fully saturated rings. The van der Waals surface area contributed by atoms with E-state index in [1.165, 1.54) is 17.4 Å². The molecule has 21 heavy (non-hydrogen) atoms. The van der Waals surface area contributed by atoms with Gasteiger partial charge >= 0.3 is 0 Å². The van der Waals surface area contributed by atoms with Gasteiger partial charge in [-0.3, -0.25) is 0 Å². The lowest BCUT2D eigenvalue weighted by molar-refractivity contribution is 0.198. The lowest BCUT2D eigenvalue weighted by Gasteiger charge is -2.20. The predicted molar refractivity (Wildman–Crippen MR) is 87.6 cm³/mol. The molecule has 0 bridgehead atoms. The van der Waals surface area contributed by atoms with Crippen molar-refractivity contribution in [3.63, 3.8) is 0 Å². The SMILES string of the molecule is COCCNCC(CCCS(C)(=O)=O)c1ccccc1C. The van der Waals surface area contributed by atoms with E-state index >= 15 is 0 Å². The van der Waals surface area contributed by atoms with Crippen molar-refractivity contribution >= 4 is 9.84 Å². The summed E-state index contributed by atoms with van der Waals surface area (Å²) in [6.07, 6.45) is 2.87. The third-order valence-corrected chi connectivity index (χ3v) is 4.60. The maximum absolute atomic E-state index is 11.3. The molecule has 1 aromatic carbocycles. The topological polar surface area (TPSA) is 55.4 Å². The van der Waals surface area contributed by atoms with Gasteiger partial charge in [0.2, 0.25) is 0 Å². The van der Waals surface area contributed by atoms with Crippen LogP contribution in [0.3, 0.4) is 0 Å². The van der Waals surface area contributed by atoms with Crippen molar-refractivity contribution in [2.24, 2.45) is 0 Å². The first-order valence-electron chi connectivity index (χ1n) is 7.37. The van der Waals surface area contributed by atoms with Crippen LogP contribution in [-0.2, 0) is 14.6 Å². The fourth-order valence-electron chi connectivity index (χ4n) is 2.45. The van der Waals surface area contributed by atoms with Crippen LogP contribution in [0.4, 0.5) is 0 Å². The van der Waals surface area contributed by atoms with Gasteiger partial charge in [-0.25, -0.2) is 8.42 Å². The third-order valence-electron chi connectivity index (χ3n) is 3.57. The van der Waals surface area contributed by atoms with Crippen molar-refractivity contribution in [1.82, 2.24) is 5.32 Å². The Morgan fingerprint density at radius 3 is 2.62 bits per heavy atom. The highest BCUT2D eigenvalue weighted by Crippen LogP contribution is 2.24. The van der Waals surface area contributed by atoms with Crippen molar-refractivity contribution in [2.45, 2.75) is 25.7 Å². The summed E-state index contributed by atoms with van der Waals surface area (Å²) in [5.74, 6) is 0.595. The summed E-state index contributed by atoms with van der Waals surface area (Å²) in [5, 5.41) is 3.39. The van der Waals surface area contributed by atoms with Crippen molar-refractivity contribution < 1.29 is 13.2 Å². The molecule has 0 spiro atoms. The van der Waals surface area contributed by atoms with Crippen LogP contribution in [0.5, 0.6) is 0 Å². The molecule has 0 amide bonds. The molecule has 0 aliphatic rings. The average Bonchev–Trinajstić information content (AvgIpc) is 2.41. The molecule has 0 saturated carbocycles. The Hall–Kier alpha value is -0.910. The molecule has 1 N–H and O–H groups in total. The predicted octanol–water partition coefficient (Wildman–Crippen LogP) is 2.14. The van der Waals surface area contributed by atoms with E-state index in [0.29, 0.717) is 18.9 Å². The van der Waals surface area contributed by atoms with Gasteiger partial charge in [0, 0.05) is 32.2 Å². The molecule has 0 heterocycles. The summed E-state index contributed by atoms with van der Waals surface area (Å²) in [5.41, 5.74) is 2.56. The van der Waals surface area contributed by atoms with Gasteiger partial charge in [0.15, 0.2) is 0 Å². The smallest absolute Gasteiger partial charge is 0.147 e. The van der Waals surface area contributed by atoms with Crippen LogP contribution in [0.15, 0.2) is 24.3 Å². The van der Waals surface area contributed by atoms with Crippen LogP contribution >= 0.6 is 0 Å². The molecule has 0 radical (unpaired) electrons. The Kier molecular flexibility index (Phi) is 7.93. The molecule has 120 valence electrons. The zero-order chi connectivity index (χ0) is 15.7. The van der Waals surface area contributed by atoms with Crippen LogP contribution in [0.25, 0.3) is 0 Å². The lowest BCUT2D eigenvalue weighted by atomic mass is 9.91. The molecule has 1 rings (SSSR count). The van der Waals surface area contributed by atoms with E-state index in [1.807, 2.05) is 12.1 Å². The van der Waals surface area contributed by atoms with Crippen molar-refractivity contribution in [1.29, 1.82) is 0 Å². The summed E-state index contributed by atoms with van der Waals surface area (Å²) in [4.78, 5) is 0. The van der Waals surface area contributed by atoms with Crippen LogP contribution < -0.4 is 5.32 Å². The number of benzene rings is 1. The van der Waals surface area contributed by atoms with Crippen LogP contribution in [0, 0.1) is 6.92 Å². The Morgan fingerprint density at radius 1 is 1.29 bits per heavy atom. The molecule has 0 saturated heterocycles. The zero-order valence-corrected chi connectivity index (χ0v) is 14.1. The van der Waals surface area contributed by atoms with Gasteiger partial charge < -0.3 is 10.1 Å². The molecule has 4 nitrogen and oxygen atoms in total. The summed E-state index contributed by atoms with van der Waals surface area (Å²) >= 11 is 0. The monoisotopic (exact) mass is 313 g/mol. The largest absolute Gasteiger partial charge is 0.383 e. The van der Waals surface area contributed by atoms with Crippen LogP contribution in [-0.4, -0.2) is 47.2 Å². The number of aryl methyl sites for hydroxylation is 1. The number of ether oxygens (including phenoxy) is 1. The highest BCUT2D eigenvalue weighted by molar-refractivity contribution is 7.90. The molecular weight excluding hydrogens is 286 g/mol. The number of rotatable bonds is 10. The minimum absolute atomic E-state index is 0.257. The number of sulfone groups is 1. The van der Waals surface area contributed by atoms with Gasteiger partial charge in [-0.15, -0.1) is 0 Å². The van der Waals surface area contributed by atoms with Gasteiger partial charge in [-0.2, -0.15) is 0 Å². The zero-order valence-electron chi connectivity index (χ0n) is 13.3. The maximum atomic E-state index is 11.3. The minimum atomic E-state index is -2.88. The highest BCUT2D eigenvalue weighted by Gasteiger charge is 2.14. The van der Waals surface area contributed by atoms with Crippen molar-refractivity contribution in [2.75, 3.05) is 38.8 Å². The number of hydrogen-bond acceptors (Lipinski definition) is 4. The normalized spacial score (nSPS) is 13.3. The fraction of sp³-hybridized carbons (Fsp3) is 0.625. The summed E-state index contributed by atoms with van der Waals surface area (Å²) < 4.78 is 27.6. The van der Waals surface area contributed by atoms with E-state index in [-0.39, 0.29) is 5.75 Å². The van der Waals surface area contributed by atoms with Gasteiger partial charge in [0.1, 0.15) is 9.84 Å². The summed E-state index contributed by atoms with van der Waals surface area (Å²) in [6.45, 7) is 4.45. The molecule has 5 heteroatoms. The molecule has 0 aliphatic carbocycles. The van der Waals surface area contributed by atoms with Crippen molar-refractivity contribution in [3.8, 4) is 0 Å². The standard InChI is InChI=1S/C16H27NO3S/c1-14-7-4-5-9-16(14)15(13-17-10-11-20-2)8-6-12-21(3,18)19/h4-5,7,9,15,17H,6,8,10-13H2,1-3H3. The van der Waals surface area contributed by atoms with E-state index < -0.39 is 9.84 Å². The van der Waals surface area contributed by atoms with Gasteiger partial charge in [0.25, 0.3) is 0 Å². The average molecular weight is 313 g/mol. The second kappa shape index (κ2) is 9.18. The first-order chi connectivity index (χ1) is 9.94. The van der Waals surface area contributed by atoms with E-state index in [0.717, 1.165) is 19.5 Å². The molecule has 1 atom stereocenters. The Morgan fingerprint density at radius 2 is 2.00 bits per heavy atom. The highest BCUT2D eigenvalue weighted by atomic mass is 32.2. The third kappa shape index (κ3) is 7.60. The first kappa shape index (κ1) is 18.1. The number of hydrogen-bond donors (Lipinski definition) is 1. The van der Waals surface area contributed by atoms with Gasteiger partial charge in [0.05, 0.1) is 6.61 Å². The van der Waals surface area contributed by atoms with E-state index in [9.17, 15) is 8.42 Å². The van der Waals surface area contributed by atoms with Gasteiger partial charge in [-0.1, -0.05) is 24.3 Å². The maximum Gasteiger partial charge on any atom is 0.147 e. The molecule has 0 aliphatic heterocycles. The second-order valence-corrected chi connectivity index (χ2v) is 7.78. The summed E-state index contributed by atoms with van der Waals surface area (Å²) in [6, 6.07) is 8.32. The van der Waals surface area contributed by atoms with Crippen LogP contribution in [0.2, 0.25) is 0 Å². The second-order valence-electron chi connectivity index (χ2n) is 5.52. The molecular formula is C16H27NO3S. The summed E-state index contributed by atoms with van der Waals surface area (Å²) in [7, 11) is -1.19. The molecule has 0 aromatic heterocycles. The molecule has 1 unspecified atom stereocenters. The van der Waals surface area contributed by atoms with E-state index in [2.05, 4.69) is 24.4 Å². The first-order valence-corrected chi connectivity index (χ1v) is 9.43. The number of methoxy groups -OCH3 is 1. The van der Waals surface area contributed by atoms with E-state index in [4.69, 9.17) is 4.74 Å². The Labute approximate surface area is 128 Å². The van der Waals surface area contributed by atoms with Crippen molar-refractivity contribution in [3.05, 3.63) is 35.4 Å². The Balaban J connectivity index is 2.64. The number of nitrogens with one attached hydrogen (secondary N) is 1. The minimum Gasteiger partial charge on any atom is -0.383 e. The molecule has 1 aromatic rings. The van der Waals surface area contributed by atoms with Crippen LogP contribution in [0.1, 0.15) is 29.9 Å². The van der Waals surface area contributed by atoms with Gasteiger partial charge in [-0.05, 0) is 36.8 Å². The fourth-order valence-corrected chi connectivity index (χ4v) is 3.15. The quantitative estimate of drug-likeness (QED) is 0.672.